The van der Waals surface area contributed by atoms with E-state index in [0.29, 0.717) is 17.1 Å². The van der Waals surface area contributed by atoms with Gasteiger partial charge in [0.05, 0.1) is 12.2 Å². The van der Waals surface area contributed by atoms with Gasteiger partial charge in [-0.3, -0.25) is 14.5 Å². The van der Waals surface area contributed by atoms with E-state index in [1.165, 1.54) is 21.8 Å². The van der Waals surface area contributed by atoms with Crippen LogP contribution >= 0.6 is 11.3 Å². The molecule has 0 N–H and O–H groups in total. The van der Waals surface area contributed by atoms with Gasteiger partial charge in [0.15, 0.2) is 6.10 Å². The fourth-order valence-electron chi connectivity index (χ4n) is 3.18. The first-order valence-corrected chi connectivity index (χ1v) is 10.1. The van der Waals surface area contributed by atoms with Gasteiger partial charge in [-0.15, -0.1) is 11.3 Å². The number of carbonyl (C=O) groups is 2. The van der Waals surface area contributed by atoms with Gasteiger partial charge in [-0.05, 0) is 19.1 Å². The van der Waals surface area contributed by atoms with Crippen molar-refractivity contribution in [3.05, 3.63) is 65.2 Å². The summed E-state index contributed by atoms with van der Waals surface area (Å²) in [6.07, 6.45) is -0.751. The summed E-state index contributed by atoms with van der Waals surface area (Å²) in [7, 11) is 3.35. The lowest BCUT2D eigenvalue weighted by molar-refractivity contribution is -0.135. The highest BCUT2D eigenvalue weighted by molar-refractivity contribution is 7.13. The van der Waals surface area contributed by atoms with E-state index in [0.717, 1.165) is 10.6 Å². The Bertz CT molecular complexity index is 1060. The Morgan fingerprint density at radius 1 is 1.14 bits per heavy atom. The molecule has 2 aromatic carbocycles. The van der Waals surface area contributed by atoms with Crippen LogP contribution < -0.4 is 9.64 Å². The normalized spacial score (nSPS) is 15.4. The maximum Gasteiger partial charge on any atom is 0.278 e. The molecule has 1 aromatic heterocycles. The number of nitrogens with zero attached hydrogens (tertiary/aromatic N) is 3. The fourth-order valence-corrected chi connectivity index (χ4v) is 3.98. The summed E-state index contributed by atoms with van der Waals surface area (Å²) in [5.41, 5.74) is 3.15. The summed E-state index contributed by atoms with van der Waals surface area (Å²) in [5.74, 6) is 0.0872. The number of likely N-dealkylation sites (N-methyl/N-ethyl adjacent to an activating group) is 1. The Morgan fingerprint density at radius 2 is 1.86 bits per heavy atom. The minimum absolute atomic E-state index is 0.143. The summed E-state index contributed by atoms with van der Waals surface area (Å²) >= 11 is 1.43. The monoisotopic (exact) mass is 407 g/mol. The molecule has 6 nitrogen and oxygen atoms in total. The van der Waals surface area contributed by atoms with Crippen LogP contribution in [0.1, 0.15) is 16.1 Å². The molecule has 7 heteroatoms. The van der Waals surface area contributed by atoms with Crippen molar-refractivity contribution in [1.29, 1.82) is 0 Å². The zero-order valence-electron chi connectivity index (χ0n) is 16.5. The minimum atomic E-state index is -0.751. The van der Waals surface area contributed by atoms with Crippen LogP contribution in [-0.2, 0) is 4.79 Å². The number of fused-ring (bicyclic) bond motifs is 1. The number of hydrogen-bond acceptors (Lipinski definition) is 5. The summed E-state index contributed by atoms with van der Waals surface area (Å²) in [6.45, 7) is 2.17. The molecule has 2 heterocycles. The van der Waals surface area contributed by atoms with E-state index in [9.17, 15) is 9.59 Å². The summed E-state index contributed by atoms with van der Waals surface area (Å²) < 4.78 is 5.85. The highest BCUT2D eigenvalue weighted by atomic mass is 32.1. The first-order valence-electron chi connectivity index (χ1n) is 9.25. The molecule has 2 amide bonds. The van der Waals surface area contributed by atoms with Crippen molar-refractivity contribution in [3.8, 4) is 16.3 Å². The Labute approximate surface area is 173 Å². The number of aryl methyl sites for hydroxylation is 1. The SMILES string of the molecule is Cc1ccc(-c2nc(C(=O)N3CC(C(=O)N(C)C)Oc4ccccc43)cs2)cc1. The van der Waals surface area contributed by atoms with Crippen LogP contribution in [0.15, 0.2) is 53.9 Å². The number of rotatable bonds is 3. The average molecular weight is 407 g/mol. The van der Waals surface area contributed by atoms with E-state index in [4.69, 9.17) is 4.74 Å². The molecule has 0 saturated carbocycles. The molecule has 1 aliphatic rings. The van der Waals surface area contributed by atoms with E-state index in [2.05, 4.69) is 4.98 Å². The number of thiazole rings is 1. The lowest BCUT2D eigenvalue weighted by Gasteiger charge is -2.34. The number of hydrogen-bond donors (Lipinski definition) is 0. The fraction of sp³-hybridized carbons (Fsp3) is 0.227. The maximum atomic E-state index is 13.3. The van der Waals surface area contributed by atoms with Crippen molar-refractivity contribution < 1.29 is 14.3 Å². The van der Waals surface area contributed by atoms with E-state index < -0.39 is 6.10 Å². The predicted molar refractivity (Wildman–Crippen MR) is 114 cm³/mol. The highest BCUT2D eigenvalue weighted by Crippen LogP contribution is 2.35. The van der Waals surface area contributed by atoms with Gasteiger partial charge in [0.25, 0.3) is 11.8 Å². The topological polar surface area (TPSA) is 62.7 Å². The number of anilines is 1. The first-order chi connectivity index (χ1) is 13.9. The second-order valence-corrected chi connectivity index (χ2v) is 7.98. The standard InChI is InChI=1S/C22H21N3O3S/c1-14-8-10-15(11-9-14)20-23-16(13-29-20)21(26)25-12-19(22(27)24(2)3)28-18-7-5-4-6-17(18)25/h4-11,13,19H,12H2,1-3H3. The van der Waals surface area contributed by atoms with Crippen molar-refractivity contribution in [2.45, 2.75) is 13.0 Å². The third-order valence-corrected chi connectivity index (χ3v) is 5.65. The number of ether oxygens (including phenoxy) is 1. The molecule has 29 heavy (non-hydrogen) atoms. The first kappa shape index (κ1) is 19.1. The van der Waals surface area contributed by atoms with Crippen molar-refractivity contribution in [2.75, 3.05) is 25.5 Å². The molecule has 0 saturated heterocycles. The third kappa shape index (κ3) is 3.73. The molecule has 0 spiro atoms. The van der Waals surface area contributed by atoms with Crippen LogP contribution in [0.25, 0.3) is 10.6 Å². The molecule has 1 aliphatic heterocycles. The summed E-state index contributed by atoms with van der Waals surface area (Å²) in [4.78, 5) is 33.4. The van der Waals surface area contributed by atoms with Gasteiger partial charge >= 0.3 is 0 Å². The quantitative estimate of drug-likeness (QED) is 0.665. The summed E-state index contributed by atoms with van der Waals surface area (Å²) in [6, 6.07) is 15.3. The second kappa shape index (κ2) is 7.67. The van der Waals surface area contributed by atoms with Crippen molar-refractivity contribution in [3.63, 3.8) is 0 Å². The smallest absolute Gasteiger partial charge is 0.278 e. The minimum Gasteiger partial charge on any atom is -0.476 e. The highest BCUT2D eigenvalue weighted by Gasteiger charge is 2.35. The molecular weight excluding hydrogens is 386 g/mol. The molecule has 0 bridgehead atoms. The number of amides is 2. The van der Waals surface area contributed by atoms with Crippen LogP contribution in [0.2, 0.25) is 0 Å². The van der Waals surface area contributed by atoms with Gasteiger partial charge in [0.1, 0.15) is 16.5 Å². The second-order valence-electron chi connectivity index (χ2n) is 7.13. The molecule has 0 fully saturated rings. The number of carbonyl (C=O) groups excluding carboxylic acids is 2. The van der Waals surface area contributed by atoms with Gasteiger partial charge in [-0.1, -0.05) is 42.0 Å². The Balaban J connectivity index is 1.65. The van der Waals surface area contributed by atoms with Crippen LogP contribution in [0.5, 0.6) is 5.75 Å². The maximum absolute atomic E-state index is 13.3. The third-order valence-electron chi connectivity index (χ3n) is 4.76. The zero-order chi connectivity index (χ0) is 20.5. The average Bonchev–Trinajstić information content (AvgIpc) is 3.22. The van der Waals surface area contributed by atoms with Crippen LogP contribution in [0, 0.1) is 6.92 Å². The van der Waals surface area contributed by atoms with E-state index in [-0.39, 0.29) is 18.4 Å². The van der Waals surface area contributed by atoms with Gasteiger partial charge < -0.3 is 9.64 Å². The van der Waals surface area contributed by atoms with Crippen LogP contribution in [0.4, 0.5) is 5.69 Å². The molecule has 1 unspecified atom stereocenters. The summed E-state index contributed by atoms with van der Waals surface area (Å²) in [5, 5.41) is 2.55. The molecular formula is C22H21N3O3S. The Kier molecular flexibility index (Phi) is 5.07. The molecule has 4 rings (SSSR count). The zero-order valence-corrected chi connectivity index (χ0v) is 17.3. The Morgan fingerprint density at radius 3 is 2.59 bits per heavy atom. The van der Waals surface area contributed by atoms with Crippen molar-refractivity contribution in [1.82, 2.24) is 9.88 Å². The lowest BCUT2D eigenvalue weighted by atomic mass is 10.1. The number of para-hydroxylation sites is 2. The number of aromatic nitrogens is 1. The predicted octanol–water partition coefficient (Wildman–Crippen LogP) is 3.61. The molecule has 0 aliphatic carbocycles. The van der Waals surface area contributed by atoms with Gasteiger partial charge in [0.2, 0.25) is 0 Å². The molecule has 1 atom stereocenters. The van der Waals surface area contributed by atoms with Crippen LogP contribution in [-0.4, -0.2) is 48.4 Å². The molecule has 3 aromatic rings. The van der Waals surface area contributed by atoms with E-state index in [1.807, 2.05) is 49.4 Å². The van der Waals surface area contributed by atoms with Crippen LogP contribution in [0.3, 0.4) is 0 Å². The van der Waals surface area contributed by atoms with E-state index in [1.54, 1.807) is 30.4 Å². The number of benzene rings is 2. The lowest BCUT2D eigenvalue weighted by Crippen LogP contribution is -2.50. The van der Waals surface area contributed by atoms with Crippen molar-refractivity contribution in [2.24, 2.45) is 0 Å². The molecule has 0 radical (unpaired) electrons. The van der Waals surface area contributed by atoms with E-state index >= 15 is 0 Å². The van der Waals surface area contributed by atoms with Crippen molar-refractivity contribution >= 4 is 28.8 Å². The van der Waals surface area contributed by atoms with Gasteiger partial charge in [-0.2, -0.15) is 0 Å². The molecule has 148 valence electrons. The largest absolute Gasteiger partial charge is 0.476 e. The van der Waals surface area contributed by atoms with Gasteiger partial charge in [0, 0.05) is 25.0 Å². The van der Waals surface area contributed by atoms with Gasteiger partial charge in [-0.25, -0.2) is 4.98 Å². The Hall–Kier alpha value is -3.19.